The van der Waals surface area contributed by atoms with Gasteiger partial charge in [-0.3, -0.25) is 0 Å². The number of benzene rings is 3. The molecule has 0 fully saturated rings. The number of hydrogen-bond acceptors (Lipinski definition) is 1. The molecule has 0 aliphatic rings. The van der Waals surface area contributed by atoms with Crippen molar-refractivity contribution in [1.29, 1.82) is 0 Å². The van der Waals surface area contributed by atoms with Gasteiger partial charge in [-0.15, -0.1) is 0 Å². The predicted octanol–water partition coefficient (Wildman–Crippen LogP) is 6.12. The Morgan fingerprint density at radius 1 is 0.667 bits per heavy atom. The maximum Gasteiger partial charge on any atom is 0.0203 e. The van der Waals surface area contributed by atoms with Gasteiger partial charge in [0, 0.05) is 9.79 Å². The molecule has 104 valence electrons. The Hall–Kier alpha value is -1.99. The largest absolute Gasteiger partial charge is 0.0894 e. The molecule has 0 nitrogen and oxygen atoms in total. The van der Waals surface area contributed by atoms with E-state index in [1.807, 2.05) is 11.8 Å². The molecule has 3 aromatic rings. The van der Waals surface area contributed by atoms with E-state index in [4.69, 9.17) is 0 Å². The molecule has 3 rings (SSSR count). The van der Waals surface area contributed by atoms with Crippen molar-refractivity contribution in [2.45, 2.75) is 23.6 Å². The van der Waals surface area contributed by atoms with Gasteiger partial charge in [-0.2, -0.15) is 0 Å². The molecule has 0 atom stereocenters. The molecule has 0 saturated heterocycles. The lowest BCUT2D eigenvalue weighted by molar-refractivity contribution is 1.27. The molecule has 0 aliphatic heterocycles. The van der Waals surface area contributed by atoms with Gasteiger partial charge in [0.15, 0.2) is 0 Å². The van der Waals surface area contributed by atoms with E-state index in [0.29, 0.717) is 0 Å². The third-order valence-electron chi connectivity index (χ3n) is 3.65. The topological polar surface area (TPSA) is 0 Å². The molecule has 0 aliphatic carbocycles. The number of aryl methyl sites for hydroxylation is 2. The quantitative estimate of drug-likeness (QED) is 0.560. The second kappa shape index (κ2) is 6.19. The van der Waals surface area contributed by atoms with Crippen LogP contribution >= 0.6 is 11.8 Å². The first-order chi connectivity index (χ1) is 10.2. The summed E-state index contributed by atoms with van der Waals surface area (Å²) in [5.41, 5.74) is 5.27. The van der Waals surface area contributed by atoms with Crippen LogP contribution in [0.1, 0.15) is 11.1 Å². The summed E-state index contributed by atoms with van der Waals surface area (Å²) in [4.78, 5) is 2.59. The molecular weight excluding hydrogens is 272 g/mol. The second-order valence-electron chi connectivity index (χ2n) is 5.21. The van der Waals surface area contributed by atoms with Gasteiger partial charge < -0.3 is 0 Å². The Balaban J connectivity index is 2.08. The van der Waals surface area contributed by atoms with E-state index in [2.05, 4.69) is 86.6 Å². The number of rotatable bonds is 3. The minimum absolute atomic E-state index is 1.28. The summed E-state index contributed by atoms with van der Waals surface area (Å²) in [6, 6.07) is 25.8. The Kier molecular flexibility index (Phi) is 4.12. The summed E-state index contributed by atoms with van der Waals surface area (Å²) >= 11 is 1.83. The summed E-state index contributed by atoms with van der Waals surface area (Å²) < 4.78 is 0. The standard InChI is InChI=1S/C20H18S/c1-15-13-19(17-9-5-3-6-10-17)20(14-16(15)2)21-18-11-7-4-8-12-18/h3-14H,1-2H3. The van der Waals surface area contributed by atoms with Crippen LogP contribution < -0.4 is 0 Å². The first kappa shape index (κ1) is 14.0. The Labute approximate surface area is 130 Å². The van der Waals surface area contributed by atoms with E-state index >= 15 is 0 Å². The smallest absolute Gasteiger partial charge is 0.0203 e. The summed E-state index contributed by atoms with van der Waals surface area (Å²) in [5.74, 6) is 0. The highest BCUT2D eigenvalue weighted by Crippen LogP contribution is 2.37. The molecule has 0 aromatic heterocycles. The van der Waals surface area contributed by atoms with Gasteiger partial charge in [0.25, 0.3) is 0 Å². The summed E-state index contributed by atoms with van der Waals surface area (Å²) in [5, 5.41) is 0. The molecule has 0 radical (unpaired) electrons. The van der Waals surface area contributed by atoms with Gasteiger partial charge >= 0.3 is 0 Å². The highest BCUT2D eigenvalue weighted by atomic mass is 32.2. The van der Waals surface area contributed by atoms with Gasteiger partial charge in [0.2, 0.25) is 0 Å². The van der Waals surface area contributed by atoms with Gasteiger partial charge in [-0.05, 0) is 54.3 Å². The first-order valence-electron chi connectivity index (χ1n) is 7.13. The van der Waals surface area contributed by atoms with Crippen LogP contribution in [0.2, 0.25) is 0 Å². The van der Waals surface area contributed by atoms with Crippen LogP contribution in [0.3, 0.4) is 0 Å². The Bertz CT molecular complexity index is 731. The van der Waals surface area contributed by atoms with Crippen molar-refractivity contribution in [2.24, 2.45) is 0 Å². The zero-order valence-corrected chi connectivity index (χ0v) is 13.2. The van der Waals surface area contributed by atoms with E-state index in [1.54, 1.807) is 0 Å². The van der Waals surface area contributed by atoms with Crippen molar-refractivity contribution in [3.05, 3.63) is 83.9 Å². The molecule has 0 unspecified atom stereocenters. The first-order valence-corrected chi connectivity index (χ1v) is 7.95. The van der Waals surface area contributed by atoms with Crippen molar-refractivity contribution in [1.82, 2.24) is 0 Å². The lowest BCUT2D eigenvalue weighted by Gasteiger charge is -2.13. The molecule has 0 heterocycles. The average Bonchev–Trinajstić information content (AvgIpc) is 2.52. The predicted molar refractivity (Wildman–Crippen MR) is 91.9 cm³/mol. The minimum atomic E-state index is 1.28. The Morgan fingerprint density at radius 2 is 1.24 bits per heavy atom. The fraction of sp³-hybridized carbons (Fsp3) is 0.100. The Morgan fingerprint density at radius 3 is 1.90 bits per heavy atom. The molecule has 0 saturated carbocycles. The lowest BCUT2D eigenvalue weighted by atomic mass is 10.0. The van der Waals surface area contributed by atoms with Gasteiger partial charge in [0.05, 0.1) is 0 Å². The van der Waals surface area contributed by atoms with Crippen LogP contribution in [-0.4, -0.2) is 0 Å². The maximum absolute atomic E-state index is 2.30. The van der Waals surface area contributed by atoms with Crippen LogP contribution in [0.5, 0.6) is 0 Å². The van der Waals surface area contributed by atoms with E-state index in [-0.39, 0.29) is 0 Å². The summed E-state index contributed by atoms with van der Waals surface area (Å²) in [7, 11) is 0. The monoisotopic (exact) mass is 290 g/mol. The van der Waals surface area contributed by atoms with Crippen molar-refractivity contribution >= 4 is 11.8 Å². The van der Waals surface area contributed by atoms with Crippen LogP contribution in [0, 0.1) is 13.8 Å². The zero-order valence-electron chi connectivity index (χ0n) is 12.3. The van der Waals surface area contributed by atoms with Crippen molar-refractivity contribution in [3.63, 3.8) is 0 Å². The molecule has 0 amide bonds. The minimum Gasteiger partial charge on any atom is -0.0894 e. The summed E-state index contributed by atoms with van der Waals surface area (Å²) in [6.45, 7) is 4.36. The van der Waals surface area contributed by atoms with Gasteiger partial charge in [-0.1, -0.05) is 66.4 Å². The SMILES string of the molecule is Cc1cc(Sc2ccccc2)c(-c2ccccc2)cc1C. The highest BCUT2D eigenvalue weighted by molar-refractivity contribution is 7.99. The molecular formula is C20H18S. The van der Waals surface area contributed by atoms with Crippen LogP contribution in [0.15, 0.2) is 82.6 Å². The highest BCUT2D eigenvalue weighted by Gasteiger charge is 2.09. The van der Waals surface area contributed by atoms with Crippen LogP contribution in [0.4, 0.5) is 0 Å². The summed E-state index contributed by atoms with van der Waals surface area (Å²) in [6.07, 6.45) is 0. The molecule has 21 heavy (non-hydrogen) atoms. The normalized spacial score (nSPS) is 10.6. The molecule has 0 bridgehead atoms. The van der Waals surface area contributed by atoms with E-state index in [9.17, 15) is 0 Å². The number of hydrogen-bond donors (Lipinski definition) is 0. The fourth-order valence-electron chi connectivity index (χ4n) is 2.33. The van der Waals surface area contributed by atoms with E-state index in [1.165, 1.54) is 32.0 Å². The van der Waals surface area contributed by atoms with Crippen LogP contribution in [0.25, 0.3) is 11.1 Å². The average molecular weight is 290 g/mol. The second-order valence-corrected chi connectivity index (χ2v) is 6.33. The maximum atomic E-state index is 2.30. The van der Waals surface area contributed by atoms with Gasteiger partial charge in [-0.25, -0.2) is 0 Å². The van der Waals surface area contributed by atoms with E-state index in [0.717, 1.165) is 0 Å². The molecule has 3 aromatic carbocycles. The van der Waals surface area contributed by atoms with Gasteiger partial charge in [0.1, 0.15) is 0 Å². The van der Waals surface area contributed by atoms with Crippen molar-refractivity contribution < 1.29 is 0 Å². The third kappa shape index (κ3) is 3.20. The molecule has 0 spiro atoms. The van der Waals surface area contributed by atoms with Crippen LogP contribution in [-0.2, 0) is 0 Å². The molecule has 0 N–H and O–H groups in total. The third-order valence-corrected chi connectivity index (χ3v) is 4.72. The van der Waals surface area contributed by atoms with E-state index < -0.39 is 0 Å². The van der Waals surface area contributed by atoms with Crippen molar-refractivity contribution in [3.8, 4) is 11.1 Å². The lowest BCUT2D eigenvalue weighted by Crippen LogP contribution is -1.88. The fourth-order valence-corrected chi connectivity index (χ4v) is 3.40. The zero-order chi connectivity index (χ0) is 14.7. The molecule has 1 heteroatoms. The van der Waals surface area contributed by atoms with Crippen molar-refractivity contribution in [2.75, 3.05) is 0 Å².